The number of hydrogen-bond donors (Lipinski definition) is 1. The molecule has 4 nitrogen and oxygen atoms in total. The fourth-order valence-electron chi connectivity index (χ4n) is 2.09. The average molecular weight is 239 g/mol. The molecule has 0 saturated heterocycles. The van der Waals surface area contributed by atoms with Crippen LogP contribution < -0.4 is 0 Å². The number of aryl methyl sites for hydroxylation is 1. The molecule has 4 heteroatoms. The molecule has 0 saturated carbocycles. The smallest absolute Gasteiger partial charge is 0.125 e. The number of hydrogen-bond acceptors (Lipinski definition) is 3. The molecule has 1 unspecified atom stereocenters. The first-order valence-electron chi connectivity index (χ1n) is 5.74. The molecule has 18 heavy (non-hydrogen) atoms. The molecular weight excluding hydrogens is 226 g/mol. The van der Waals surface area contributed by atoms with Gasteiger partial charge in [-0.1, -0.05) is 24.3 Å². The summed E-state index contributed by atoms with van der Waals surface area (Å²) in [5.41, 5.74) is 1.42. The first-order valence-corrected chi connectivity index (χ1v) is 5.74. The molecule has 0 bridgehead atoms. The minimum absolute atomic E-state index is 0.635. The Morgan fingerprint density at radius 1 is 1.22 bits per heavy atom. The van der Waals surface area contributed by atoms with Crippen molar-refractivity contribution in [3.05, 3.63) is 60.4 Å². The van der Waals surface area contributed by atoms with E-state index < -0.39 is 6.10 Å². The summed E-state index contributed by atoms with van der Waals surface area (Å²) >= 11 is 0. The molecule has 1 N–H and O–H groups in total. The molecule has 3 rings (SSSR count). The molecule has 0 aliphatic rings. The van der Waals surface area contributed by atoms with Gasteiger partial charge in [-0.25, -0.2) is 4.98 Å². The Bertz CT molecular complexity index is 685. The number of aromatic nitrogens is 3. The predicted molar refractivity (Wildman–Crippen MR) is 69.0 cm³/mol. The number of fused-ring (bicyclic) bond motifs is 1. The molecule has 3 aromatic rings. The van der Waals surface area contributed by atoms with Crippen molar-refractivity contribution in [3.63, 3.8) is 0 Å². The zero-order valence-corrected chi connectivity index (χ0v) is 9.99. The minimum Gasteiger partial charge on any atom is -0.382 e. The van der Waals surface area contributed by atoms with Crippen LogP contribution in [-0.2, 0) is 7.05 Å². The topological polar surface area (TPSA) is 50.9 Å². The van der Waals surface area contributed by atoms with Gasteiger partial charge >= 0.3 is 0 Å². The van der Waals surface area contributed by atoms with E-state index in [1.54, 1.807) is 18.7 Å². The summed E-state index contributed by atoms with van der Waals surface area (Å²) in [4.78, 5) is 8.36. The third kappa shape index (κ3) is 1.76. The summed E-state index contributed by atoms with van der Waals surface area (Å²) in [5, 5.41) is 12.4. The van der Waals surface area contributed by atoms with Crippen LogP contribution in [0.5, 0.6) is 0 Å². The quantitative estimate of drug-likeness (QED) is 0.744. The van der Waals surface area contributed by atoms with Crippen LogP contribution in [-0.4, -0.2) is 19.6 Å². The molecule has 2 heterocycles. The number of benzene rings is 1. The lowest BCUT2D eigenvalue weighted by Gasteiger charge is -2.10. The maximum absolute atomic E-state index is 10.4. The van der Waals surface area contributed by atoms with Crippen molar-refractivity contribution in [2.24, 2.45) is 7.05 Å². The van der Waals surface area contributed by atoms with Gasteiger partial charge in [0.05, 0.1) is 12.0 Å². The van der Waals surface area contributed by atoms with Gasteiger partial charge in [0.25, 0.3) is 0 Å². The van der Waals surface area contributed by atoms with Gasteiger partial charge in [-0.05, 0) is 5.39 Å². The maximum atomic E-state index is 10.4. The third-order valence-electron chi connectivity index (χ3n) is 3.00. The van der Waals surface area contributed by atoms with E-state index in [0.717, 1.165) is 16.3 Å². The number of imidazole rings is 1. The summed E-state index contributed by atoms with van der Waals surface area (Å²) in [5.74, 6) is 0. The summed E-state index contributed by atoms with van der Waals surface area (Å²) in [6.45, 7) is 0. The predicted octanol–water partition coefficient (Wildman–Crippen LogP) is 2.05. The Morgan fingerprint density at radius 3 is 2.83 bits per heavy atom. The van der Waals surface area contributed by atoms with E-state index in [4.69, 9.17) is 0 Å². The van der Waals surface area contributed by atoms with E-state index in [-0.39, 0.29) is 0 Å². The van der Waals surface area contributed by atoms with Crippen LogP contribution in [0.1, 0.15) is 17.4 Å². The summed E-state index contributed by atoms with van der Waals surface area (Å²) in [7, 11) is 1.88. The van der Waals surface area contributed by atoms with Crippen molar-refractivity contribution in [2.75, 3.05) is 0 Å². The minimum atomic E-state index is -0.746. The SMILES string of the molecule is Cn1cnc(C(O)c2cncc3ccccc23)c1. The van der Waals surface area contributed by atoms with Crippen LogP contribution in [0.15, 0.2) is 49.2 Å². The highest BCUT2D eigenvalue weighted by molar-refractivity contribution is 5.85. The third-order valence-corrected chi connectivity index (χ3v) is 3.00. The van der Waals surface area contributed by atoms with Crippen molar-refractivity contribution < 1.29 is 5.11 Å². The molecular formula is C14H13N3O. The number of rotatable bonds is 2. The van der Waals surface area contributed by atoms with Gasteiger partial charge in [0.15, 0.2) is 0 Å². The van der Waals surface area contributed by atoms with Gasteiger partial charge in [-0.2, -0.15) is 0 Å². The highest BCUT2D eigenvalue weighted by atomic mass is 16.3. The van der Waals surface area contributed by atoms with E-state index in [2.05, 4.69) is 9.97 Å². The Labute approximate surface area is 105 Å². The lowest BCUT2D eigenvalue weighted by atomic mass is 10.0. The Kier molecular flexibility index (Phi) is 2.57. The van der Waals surface area contributed by atoms with Gasteiger partial charge in [-0.3, -0.25) is 4.98 Å². The Balaban J connectivity index is 2.14. The monoisotopic (exact) mass is 239 g/mol. The average Bonchev–Trinajstić information content (AvgIpc) is 2.84. The number of nitrogens with zero attached hydrogens (tertiary/aromatic N) is 3. The van der Waals surface area contributed by atoms with Crippen LogP contribution in [0.25, 0.3) is 10.8 Å². The molecule has 1 aromatic carbocycles. The summed E-state index contributed by atoms with van der Waals surface area (Å²) < 4.78 is 1.82. The second-order valence-electron chi connectivity index (χ2n) is 4.32. The van der Waals surface area contributed by atoms with E-state index in [9.17, 15) is 5.11 Å². The Hall–Kier alpha value is -2.20. The van der Waals surface area contributed by atoms with Crippen LogP contribution in [0, 0.1) is 0 Å². The normalized spacial score (nSPS) is 12.8. The van der Waals surface area contributed by atoms with Gasteiger partial charge in [-0.15, -0.1) is 0 Å². The first kappa shape index (κ1) is 10.9. The molecule has 0 radical (unpaired) electrons. The van der Waals surface area contributed by atoms with Gasteiger partial charge < -0.3 is 9.67 Å². The molecule has 0 spiro atoms. The van der Waals surface area contributed by atoms with Crippen LogP contribution in [0.2, 0.25) is 0 Å². The molecule has 90 valence electrons. The fourth-order valence-corrected chi connectivity index (χ4v) is 2.09. The molecule has 0 aliphatic heterocycles. The molecule has 1 atom stereocenters. The van der Waals surface area contributed by atoms with E-state index >= 15 is 0 Å². The van der Waals surface area contributed by atoms with Crippen LogP contribution >= 0.6 is 0 Å². The van der Waals surface area contributed by atoms with E-state index in [0.29, 0.717) is 5.69 Å². The zero-order valence-electron chi connectivity index (χ0n) is 9.99. The van der Waals surface area contributed by atoms with Crippen molar-refractivity contribution in [1.82, 2.24) is 14.5 Å². The summed E-state index contributed by atoms with van der Waals surface area (Å²) in [6.07, 6.45) is 6.24. The highest BCUT2D eigenvalue weighted by Gasteiger charge is 2.15. The largest absolute Gasteiger partial charge is 0.382 e. The Morgan fingerprint density at radius 2 is 2.06 bits per heavy atom. The molecule has 2 aromatic heterocycles. The maximum Gasteiger partial charge on any atom is 0.125 e. The number of aliphatic hydroxyl groups is 1. The van der Waals surface area contributed by atoms with Crippen molar-refractivity contribution in [2.45, 2.75) is 6.10 Å². The van der Waals surface area contributed by atoms with Gasteiger partial charge in [0.2, 0.25) is 0 Å². The van der Waals surface area contributed by atoms with Crippen molar-refractivity contribution >= 4 is 10.8 Å². The van der Waals surface area contributed by atoms with Crippen LogP contribution in [0.4, 0.5) is 0 Å². The standard InChI is InChI=1S/C14H13N3O/c1-17-8-13(16-9-17)14(18)12-7-15-6-10-4-2-3-5-11(10)12/h2-9,14,18H,1H3. The van der Waals surface area contributed by atoms with Gasteiger partial charge in [0.1, 0.15) is 6.10 Å². The highest BCUT2D eigenvalue weighted by Crippen LogP contribution is 2.26. The second kappa shape index (κ2) is 4.23. The lowest BCUT2D eigenvalue weighted by molar-refractivity contribution is 0.217. The number of pyridine rings is 1. The zero-order chi connectivity index (χ0) is 12.5. The van der Waals surface area contributed by atoms with Crippen molar-refractivity contribution in [1.29, 1.82) is 0 Å². The molecule has 0 aliphatic carbocycles. The molecule has 0 amide bonds. The van der Waals surface area contributed by atoms with E-state index in [1.807, 2.05) is 42.1 Å². The first-order chi connectivity index (χ1) is 8.75. The van der Waals surface area contributed by atoms with E-state index in [1.165, 1.54) is 0 Å². The second-order valence-corrected chi connectivity index (χ2v) is 4.32. The lowest BCUT2D eigenvalue weighted by Crippen LogP contribution is -2.01. The number of aliphatic hydroxyl groups excluding tert-OH is 1. The fraction of sp³-hybridized carbons (Fsp3) is 0.143. The van der Waals surface area contributed by atoms with Crippen LogP contribution in [0.3, 0.4) is 0 Å². The van der Waals surface area contributed by atoms with Crippen molar-refractivity contribution in [3.8, 4) is 0 Å². The molecule has 0 fully saturated rings. The van der Waals surface area contributed by atoms with Gasteiger partial charge in [0, 0.05) is 36.6 Å². The summed E-state index contributed by atoms with van der Waals surface area (Å²) in [6, 6.07) is 7.88.